The molecule has 0 saturated heterocycles. The molecule has 0 saturated carbocycles. The Labute approximate surface area is 315 Å². The zero-order chi connectivity index (χ0) is 33.9. The molecule has 49 heavy (non-hydrogen) atoms. The molecule has 0 nitrogen and oxygen atoms in total. The van der Waals surface area contributed by atoms with Crippen LogP contribution < -0.4 is 0 Å². The summed E-state index contributed by atoms with van der Waals surface area (Å²) < 4.78 is 0. The molecule has 0 N–H and O–H groups in total. The van der Waals surface area contributed by atoms with Gasteiger partial charge in [-0.3, -0.25) is 0 Å². The predicted molar refractivity (Wildman–Crippen MR) is 217 cm³/mol. The summed E-state index contributed by atoms with van der Waals surface area (Å²) in [6, 6.07) is 38.7. The molecule has 1 unspecified atom stereocenters. The van der Waals surface area contributed by atoms with Crippen LogP contribution in [0, 0.1) is 28.7 Å². The average molecular weight is 738 g/mol. The zero-order valence-corrected chi connectivity index (χ0v) is 34.9. The van der Waals surface area contributed by atoms with E-state index < -0.39 is 0 Å². The van der Waals surface area contributed by atoms with Gasteiger partial charge < -0.3 is 14.9 Å². The number of allylic oxidation sites excluding steroid dienone is 2. The Hall–Kier alpha value is -3.06. The summed E-state index contributed by atoms with van der Waals surface area (Å²) in [5, 5.41) is 5.50. The zero-order valence-electron chi connectivity index (χ0n) is 31.5. The van der Waals surface area contributed by atoms with Gasteiger partial charge in [-0.1, -0.05) is 139 Å². The van der Waals surface area contributed by atoms with Crippen LogP contribution >= 0.6 is 0 Å². The molecule has 2 radical (unpaired) electrons. The number of hydrogen-bond acceptors (Lipinski definition) is 0. The maximum absolute atomic E-state index is 3.06. The second-order valence-electron chi connectivity index (χ2n) is 15.2. The van der Waals surface area contributed by atoms with Crippen LogP contribution in [0.25, 0.3) is 43.8 Å². The van der Waals surface area contributed by atoms with Gasteiger partial charge >= 0.3 is 30.2 Å². The van der Waals surface area contributed by atoms with E-state index >= 15 is 0 Å². The molecule has 2 heteroatoms. The van der Waals surface area contributed by atoms with Crippen molar-refractivity contribution in [3.05, 3.63) is 158 Å². The number of fused-ring (bicyclic) bond motifs is 2. The van der Waals surface area contributed by atoms with Crippen molar-refractivity contribution in [1.29, 1.82) is 0 Å². The van der Waals surface area contributed by atoms with E-state index in [0.29, 0.717) is 5.92 Å². The Morgan fingerprint density at radius 1 is 0.653 bits per heavy atom. The van der Waals surface area contributed by atoms with E-state index in [-0.39, 0.29) is 25.7 Å². The SMILES string of the molecule is CC(C)(C)c1ccc(-c2cccc3[cH-]c(C4C=CCC4)cc23)cc1.Cc1cc2c(-c3ccc(C(C)(C)C)cc3)ccc(C)c2[cH-]1.[CH3-].[CH3-].[Si]=[Zr]. The second kappa shape index (κ2) is 16.8. The molecule has 0 heterocycles. The van der Waals surface area contributed by atoms with Gasteiger partial charge in [-0.25, -0.2) is 0 Å². The molecule has 0 bridgehead atoms. The van der Waals surface area contributed by atoms with E-state index in [1.54, 1.807) is 0 Å². The fourth-order valence-electron chi connectivity index (χ4n) is 6.77. The standard InChI is InChI=1S/C24H25.C21H23.2CH3.Si.Zr/c1-24(2,3)21-13-11-18(12-14-21)22-10-6-9-19-15-20(16-23(19)22)17-7-4-5-8-17;1-14-12-19-15(2)6-11-18(20(19)13-14)16-7-9-17(10-8-16)21(3,4)5;;;;/h4,6-7,9-17H,5,8H2,1-3H3;6-13H,1-5H3;2*1H3;;/q4*-1;;. The number of rotatable bonds is 3. The van der Waals surface area contributed by atoms with Crippen molar-refractivity contribution in [3.63, 3.8) is 0 Å². The van der Waals surface area contributed by atoms with Gasteiger partial charge in [0.25, 0.3) is 0 Å². The Morgan fingerprint density at radius 2 is 1.20 bits per heavy atom. The number of aryl methyl sites for hydroxylation is 2. The van der Waals surface area contributed by atoms with Crippen molar-refractivity contribution in [1.82, 2.24) is 0 Å². The number of benzene rings is 4. The molecule has 0 fully saturated rings. The molecule has 1 aliphatic carbocycles. The van der Waals surface area contributed by atoms with E-state index in [4.69, 9.17) is 0 Å². The third-order valence-electron chi connectivity index (χ3n) is 9.59. The first-order valence-corrected chi connectivity index (χ1v) is 21.1. The molecular formula is C47H54SiZr-4. The molecular weight excluding hydrogens is 684 g/mol. The van der Waals surface area contributed by atoms with Crippen LogP contribution in [0.4, 0.5) is 0 Å². The van der Waals surface area contributed by atoms with Gasteiger partial charge in [0.1, 0.15) is 0 Å². The average Bonchev–Trinajstić information content (AvgIpc) is 3.82. The van der Waals surface area contributed by atoms with Gasteiger partial charge in [0.05, 0.1) is 0 Å². The van der Waals surface area contributed by atoms with Crippen molar-refractivity contribution in [2.45, 2.75) is 85.0 Å². The van der Waals surface area contributed by atoms with Crippen LogP contribution in [0.1, 0.15) is 88.1 Å². The van der Waals surface area contributed by atoms with Gasteiger partial charge in [0, 0.05) is 0 Å². The first-order valence-electron chi connectivity index (χ1n) is 16.9. The molecule has 7 rings (SSSR count). The van der Waals surface area contributed by atoms with Gasteiger partial charge in [-0.05, 0) is 51.8 Å². The van der Waals surface area contributed by atoms with Gasteiger partial charge in [0.15, 0.2) is 0 Å². The Kier molecular flexibility index (Phi) is 13.8. The van der Waals surface area contributed by atoms with E-state index in [1.807, 2.05) is 0 Å². The van der Waals surface area contributed by atoms with Crippen LogP contribution in [-0.4, -0.2) is 6.88 Å². The predicted octanol–water partition coefficient (Wildman–Crippen LogP) is 13.6. The summed E-state index contributed by atoms with van der Waals surface area (Å²) in [4.78, 5) is 0. The van der Waals surface area contributed by atoms with Crippen LogP contribution in [-0.2, 0) is 34.2 Å². The Morgan fingerprint density at radius 3 is 1.71 bits per heavy atom. The van der Waals surface area contributed by atoms with E-state index in [9.17, 15) is 0 Å². The molecule has 6 aromatic carbocycles. The van der Waals surface area contributed by atoms with Gasteiger partial charge in [-0.2, -0.15) is 12.1 Å². The summed E-state index contributed by atoms with van der Waals surface area (Å²) in [6.45, 7) is 21.0. The summed E-state index contributed by atoms with van der Waals surface area (Å²) >= 11 is 1.36. The van der Waals surface area contributed by atoms with Crippen molar-refractivity contribution < 1.29 is 23.3 Å². The number of hydrogen-bond donors (Lipinski definition) is 0. The van der Waals surface area contributed by atoms with Crippen LogP contribution in [0.5, 0.6) is 0 Å². The van der Waals surface area contributed by atoms with Crippen molar-refractivity contribution >= 4 is 28.4 Å². The van der Waals surface area contributed by atoms with Crippen LogP contribution in [0.3, 0.4) is 0 Å². The summed E-state index contributed by atoms with van der Waals surface area (Å²) in [5.74, 6) is 0.605. The Balaban J connectivity index is 0.000000245. The molecule has 254 valence electrons. The van der Waals surface area contributed by atoms with E-state index in [1.165, 1.54) is 108 Å². The summed E-state index contributed by atoms with van der Waals surface area (Å²) in [5.41, 5.74) is 12.6. The molecule has 0 aromatic heterocycles. The molecule has 0 spiro atoms. The van der Waals surface area contributed by atoms with E-state index in [0.717, 1.165) is 0 Å². The van der Waals surface area contributed by atoms with Crippen molar-refractivity contribution in [2.75, 3.05) is 0 Å². The monoisotopic (exact) mass is 736 g/mol. The molecule has 6 aromatic rings. The Bertz CT molecular complexity index is 1980. The van der Waals surface area contributed by atoms with Crippen LogP contribution in [0.15, 0.2) is 115 Å². The molecule has 1 atom stereocenters. The normalized spacial score (nSPS) is 13.9. The third-order valence-corrected chi connectivity index (χ3v) is 9.59. The van der Waals surface area contributed by atoms with Gasteiger partial charge in [0.2, 0.25) is 0 Å². The first-order chi connectivity index (χ1) is 22.4. The van der Waals surface area contributed by atoms with E-state index in [2.05, 4.69) is 178 Å². The first kappa shape index (κ1) is 40.4. The minimum atomic E-state index is 0. The van der Waals surface area contributed by atoms with Crippen molar-refractivity contribution in [2.24, 2.45) is 0 Å². The summed E-state index contributed by atoms with van der Waals surface area (Å²) in [6.07, 6.45) is 7.15. The van der Waals surface area contributed by atoms with Crippen molar-refractivity contribution in [3.8, 4) is 22.3 Å². The van der Waals surface area contributed by atoms with Gasteiger partial charge in [-0.15, -0.1) is 68.6 Å². The fourth-order valence-corrected chi connectivity index (χ4v) is 6.77. The quantitative estimate of drug-likeness (QED) is 0.0964. The minimum absolute atomic E-state index is 0. The fraction of sp³-hybridized carbons (Fsp3) is 0.277. The maximum atomic E-state index is 3.06. The van der Waals surface area contributed by atoms with Crippen LogP contribution in [0.2, 0.25) is 0 Å². The molecule has 0 amide bonds. The second-order valence-corrected chi connectivity index (χ2v) is 15.2. The molecule has 1 aliphatic rings. The molecule has 0 aliphatic heterocycles. The topological polar surface area (TPSA) is 0 Å². The summed E-state index contributed by atoms with van der Waals surface area (Å²) in [7, 11) is 0. The third kappa shape index (κ3) is 9.19.